The van der Waals surface area contributed by atoms with Gasteiger partial charge in [-0.25, -0.2) is 0 Å². The number of halogens is 1. The summed E-state index contributed by atoms with van der Waals surface area (Å²) in [6, 6.07) is 4.37. The molecule has 0 N–H and O–H groups in total. The zero-order chi connectivity index (χ0) is 9.42. The first kappa shape index (κ1) is 9.56. The molecule has 0 atom stereocenters. The molecule has 2 rings (SSSR count). The Bertz CT molecular complexity index is 445. The number of rotatable bonds is 1. The van der Waals surface area contributed by atoms with Crippen LogP contribution in [0.1, 0.15) is 5.56 Å². The summed E-state index contributed by atoms with van der Waals surface area (Å²) in [7, 11) is 0. The van der Waals surface area contributed by atoms with Crippen LogP contribution in [0.5, 0.6) is 0 Å². The topological polar surface area (TPSA) is 0 Å². The van der Waals surface area contributed by atoms with Gasteiger partial charge in [-0.15, -0.1) is 23.1 Å². The van der Waals surface area contributed by atoms with Gasteiger partial charge >= 0.3 is 0 Å². The standard InChI is InChI=1S/C10H9BrS2/c1-6-5-13-7-3-4-8(12-2)10(11)9(6)7/h3-5H,1-2H3. The minimum Gasteiger partial charge on any atom is -0.143 e. The molecular weight excluding hydrogens is 264 g/mol. The third-order valence-corrected chi connectivity index (χ3v) is 4.98. The molecule has 0 saturated carbocycles. The summed E-state index contributed by atoms with van der Waals surface area (Å²) in [6.07, 6.45) is 2.10. The molecule has 68 valence electrons. The first-order valence-electron chi connectivity index (χ1n) is 3.94. The first-order chi connectivity index (χ1) is 6.24. The van der Waals surface area contributed by atoms with Crippen LogP contribution in [0.3, 0.4) is 0 Å². The van der Waals surface area contributed by atoms with Crippen LogP contribution in [-0.4, -0.2) is 6.26 Å². The molecule has 0 bridgehead atoms. The highest BCUT2D eigenvalue weighted by Gasteiger charge is 2.07. The molecule has 2 aromatic rings. The summed E-state index contributed by atoms with van der Waals surface area (Å²) in [5.41, 5.74) is 1.36. The number of benzene rings is 1. The fraction of sp³-hybridized carbons (Fsp3) is 0.200. The fourth-order valence-electron chi connectivity index (χ4n) is 1.37. The molecule has 13 heavy (non-hydrogen) atoms. The van der Waals surface area contributed by atoms with E-state index in [-0.39, 0.29) is 0 Å². The monoisotopic (exact) mass is 272 g/mol. The minimum atomic E-state index is 1.25. The van der Waals surface area contributed by atoms with Gasteiger partial charge in [0.2, 0.25) is 0 Å². The molecule has 0 aliphatic rings. The van der Waals surface area contributed by atoms with Gasteiger partial charge in [-0.2, -0.15) is 0 Å². The lowest BCUT2D eigenvalue weighted by Gasteiger charge is -2.02. The Morgan fingerprint density at radius 2 is 2.15 bits per heavy atom. The smallest absolute Gasteiger partial charge is 0.0400 e. The van der Waals surface area contributed by atoms with Crippen LogP contribution in [0.15, 0.2) is 26.9 Å². The minimum absolute atomic E-state index is 1.25. The maximum atomic E-state index is 3.66. The largest absolute Gasteiger partial charge is 0.143 e. The number of aryl methyl sites for hydroxylation is 1. The SMILES string of the molecule is CSc1ccc2scc(C)c2c1Br. The summed E-state index contributed by atoms with van der Waals surface area (Å²) < 4.78 is 2.61. The van der Waals surface area contributed by atoms with Crippen molar-refractivity contribution in [3.05, 3.63) is 27.5 Å². The van der Waals surface area contributed by atoms with Gasteiger partial charge in [0.25, 0.3) is 0 Å². The molecule has 1 aromatic heterocycles. The average molecular weight is 273 g/mol. The van der Waals surface area contributed by atoms with Gasteiger partial charge in [-0.3, -0.25) is 0 Å². The maximum Gasteiger partial charge on any atom is 0.0400 e. The van der Waals surface area contributed by atoms with Gasteiger partial charge in [0.1, 0.15) is 0 Å². The van der Waals surface area contributed by atoms with Gasteiger partial charge < -0.3 is 0 Å². The average Bonchev–Trinajstić information content (AvgIpc) is 2.49. The van der Waals surface area contributed by atoms with Gasteiger partial charge in [-0.05, 0) is 52.2 Å². The Kier molecular flexibility index (Phi) is 2.67. The molecule has 0 aliphatic heterocycles. The summed E-state index contributed by atoms with van der Waals surface area (Å²) in [4.78, 5) is 1.31. The van der Waals surface area contributed by atoms with Gasteiger partial charge in [0.15, 0.2) is 0 Å². The van der Waals surface area contributed by atoms with E-state index < -0.39 is 0 Å². The molecule has 0 radical (unpaired) electrons. The number of hydrogen-bond acceptors (Lipinski definition) is 2. The Hall–Kier alpha value is 0.01000. The number of thiophene rings is 1. The molecular formula is C10H9BrS2. The highest BCUT2D eigenvalue weighted by Crippen LogP contribution is 2.37. The Balaban J connectivity index is 2.83. The highest BCUT2D eigenvalue weighted by molar-refractivity contribution is 9.10. The number of hydrogen-bond donors (Lipinski definition) is 0. The van der Waals surface area contributed by atoms with E-state index in [1.807, 2.05) is 11.3 Å². The second-order valence-electron chi connectivity index (χ2n) is 2.87. The third-order valence-electron chi connectivity index (χ3n) is 2.05. The summed E-state index contributed by atoms with van der Waals surface area (Å²) in [5, 5.41) is 3.58. The summed E-state index contributed by atoms with van der Waals surface area (Å²) >= 11 is 7.25. The molecule has 3 heteroatoms. The van der Waals surface area contributed by atoms with Gasteiger partial charge in [0.05, 0.1) is 0 Å². The summed E-state index contributed by atoms with van der Waals surface area (Å²) in [6.45, 7) is 2.16. The van der Waals surface area contributed by atoms with Crippen molar-refractivity contribution in [2.75, 3.05) is 6.26 Å². The van der Waals surface area contributed by atoms with Crippen LogP contribution in [-0.2, 0) is 0 Å². The molecule has 1 aromatic carbocycles. The molecule has 0 saturated heterocycles. The quantitative estimate of drug-likeness (QED) is 0.679. The van der Waals surface area contributed by atoms with Crippen molar-refractivity contribution in [3.63, 3.8) is 0 Å². The molecule has 0 aliphatic carbocycles. The molecule has 0 unspecified atom stereocenters. The van der Waals surface area contributed by atoms with E-state index in [1.54, 1.807) is 11.8 Å². The predicted octanol–water partition coefficient (Wildman–Crippen LogP) is 4.69. The van der Waals surface area contributed by atoms with Crippen molar-refractivity contribution < 1.29 is 0 Å². The Labute approximate surface area is 94.5 Å². The predicted molar refractivity (Wildman–Crippen MR) is 66.0 cm³/mol. The zero-order valence-electron chi connectivity index (χ0n) is 7.43. The van der Waals surface area contributed by atoms with E-state index in [1.165, 1.54) is 25.0 Å². The van der Waals surface area contributed by atoms with Gasteiger partial charge in [0, 0.05) is 19.5 Å². The van der Waals surface area contributed by atoms with E-state index in [0.717, 1.165) is 0 Å². The molecule has 0 nitrogen and oxygen atoms in total. The van der Waals surface area contributed by atoms with Crippen LogP contribution < -0.4 is 0 Å². The molecule has 0 fully saturated rings. The second kappa shape index (κ2) is 3.64. The second-order valence-corrected chi connectivity index (χ2v) is 5.43. The van der Waals surface area contributed by atoms with E-state index in [2.05, 4.69) is 46.6 Å². The Morgan fingerprint density at radius 1 is 1.38 bits per heavy atom. The molecule has 1 heterocycles. The normalized spacial score (nSPS) is 11.0. The van der Waals surface area contributed by atoms with E-state index in [9.17, 15) is 0 Å². The van der Waals surface area contributed by atoms with E-state index in [4.69, 9.17) is 0 Å². The van der Waals surface area contributed by atoms with Crippen LogP contribution in [0.25, 0.3) is 10.1 Å². The van der Waals surface area contributed by atoms with Crippen LogP contribution in [0.4, 0.5) is 0 Å². The van der Waals surface area contributed by atoms with Crippen molar-refractivity contribution in [1.29, 1.82) is 0 Å². The van der Waals surface area contributed by atoms with Crippen molar-refractivity contribution in [2.24, 2.45) is 0 Å². The number of thioether (sulfide) groups is 1. The first-order valence-corrected chi connectivity index (χ1v) is 6.84. The molecule has 0 amide bonds. The van der Waals surface area contributed by atoms with E-state index in [0.29, 0.717) is 0 Å². The lowest BCUT2D eigenvalue weighted by atomic mass is 10.2. The van der Waals surface area contributed by atoms with Crippen LogP contribution in [0, 0.1) is 6.92 Å². The van der Waals surface area contributed by atoms with Crippen molar-refractivity contribution in [1.82, 2.24) is 0 Å². The van der Waals surface area contributed by atoms with Crippen LogP contribution in [0.2, 0.25) is 0 Å². The number of fused-ring (bicyclic) bond motifs is 1. The highest BCUT2D eigenvalue weighted by atomic mass is 79.9. The fourth-order valence-corrected chi connectivity index (χ4v) is 4.08. The van der Waals surface area contributed by atoms with Crippen molar-refractivity contribution in [3.8, 4) is 0 Å². The van der Waals surface area contributed by atoms with E-state index >= 15 is 0 Å². The third kappa shape index (κ3) is 1.53. The maximum absolute atomic E-state index is 3.66. The lowest BCUT2D eigenvalue weighted by molar-refractivity contribution is 1.45. The Morgan fingerprint density at radius 3 is 2.85 bits per heavy atom. The van der Waals surface area contributed by atoms with Crippen LogP contribution >= 0.6 is 39.0 Å². The van der Waals surface area contributed by atoms with Gasteiger partial charge in [-0.1, -0.05) is 0 Å². The lowest BCUT2D eigenvalue weighted by Crippen LogP contribution is -1.76. The van der Waals surface area contributed by atoms with Crippen molar-refractivity contribution >= 4 is 49.1 Å². The molecule has 0 spiro atoms. The zero-order valence-corrected chi connectivity index (χ0v) is 10.6. The van der Waals surface area contributed by atoms with Crippen molar-refractivity contribution in [2.45, 2.75) is 11.8 Å². The summed E-state index contributed by atoms with van der Waals surface area (Å²) in [5.74, 6) is 0.